The lowest BCUT2D eigenvalue weighted by molar-refractivity contribution is -0.125. The van der Waals surface area contributed by atoms with Gasteiger partial charge in [0.1, 0.15) is 5.82 Å². The summed E-state index contributed by atoms with van der Waals surface area (Å²) in [5.41, 5.74) is 1.25. The second-order valence-corrected chi connectivity index (χ2v) is 10.0. The van der Waals surface area contributed by atoms with Gasteiger partial charge in [-0.1, -0.05) is 30.3 Å². The number of nitrogens with zero attached hydrogens (tertiary/aromatic N) is 1. The number of rotatable bonds is 8. The highest BCUT2D eigenvalue weighted by Gasteiger charge is 2.33. The Labute approximate surface area is 175 Å². The van der Waals surface area contributed by atoms with Gasteiger partial charge in [0.05, 0.1) is 10.8 Å². The van der Waals surface area contributed by atoms with E-state index in [0.717, 1.165) is 23.6 Å². The maximum absolute atomic E-state index is 13.1. The quantitative estimate of drug-likeness (QED) is 0.645. The van der Waals surface area contributed by atoms with E-state index in [1.54, 1.807) is 11.8 Å². The van der Waals surface area contributed by atoms with Gasteiger partial charge in [-0.3, -0.25) is 4.79 Å². The lowest BCUT2D eigenvalue weighted by Crippen LogP contribution is -2.45. The second-order valence-electron chi connectivity index (χ2n) is 6.99. The maximum atomic E-state index is 13.1. The normalized spacial score (nSPS) is 17.8. The molecule has 3 rings (SSSR count). The largest absolute Gasteiger partial charge is 0.355 e. The first kappa shape index (κ1) is 21.8. The summed E-state index contributed by atoms with van der Waals surface area (Å²) in [6, 6.07) is 14.9. The van der Waals surface area contributed by atoms with Crippen LogP contribution in [0.15, 0.2) is 59.5 Å². The molecule has 2 aromatic carbocycles. The second kappa shape index (κ2) is 10.2. The molecule has 1 amide bonds. The van der Waals surface area contributed by atoms with Crippen molar-refractivity contribution >= 4 is 27.7 Å². The molecule has 29 heavy (non-hydrogen) atoms. The van der Waals surface area contributed by atoms with Crippen LogP contribution >= 0.6 is 11.8 Å². The molecule has 1 aliphatic heterocycles. The maximum Gasteiger partial charge on any atom is 0.243 e. The fourth-order valence-electron chi connectivity index (χ4n) is 3.29. The van der Waals surface area contributed by atoms with Crippen molar-refractivity contribution in [3.63, 3.8) is 0 Å². The van der Waals surface area contributed by atoms with Crippen LogP contribution in [0, 0.1) is 11.7 Å². The molecule has 0 aromatic heterocycles. The molecule has 5 nitrogen and oxygen atoms in total. The van der Waals surface area contributed by atoms with Gasteiger partial charge in [-0.15, -0.1) is 0 Å². The van der Waals surface area contributed by atoms with Crippen LogP contribution in [0.25, 0.3) is 0 Å². The topological polar surface area (TPSA) is 66.5 Å². The molecule has 0 unspecified atom stereocenters. The Morgan fingerprint density at radius 1 is 1.14 bits per heavy atom. The van der Waals surface area contributed by atoms with E-state index in [1.807, 2.05) is 18.2 Å². The molecule has 0 bridgehead atoms. The average Bonchev–Trinajstić information content (AvgIpc) is 2.74. The third-order valence-corrected chi connectivity index (χ3v) is 7.77. The van der Waals surface area contributed by atoms with E-state index in [9.17, 15) is 17.6 Å². The molecule has 156 valence electrons. The van der Waals surface area contributed by atoms with Gasteiger partial charge in [-0.2, -0.15) is 16.1 Å². The summed E-state index contributed by atoms with van der Waals surface area (Å²) in [6.45, 7) is 1.08. The first-order chi connectivity index (χ1) is 14.0. The summed E-state index contributed by atoms with van der Waals surface area (Å²) in [6.07, 6.45) is 1.29. The molecule has 1 fully saturated rings. The van der Waals surface area contributed by atoms with E-state index in [-0.39, 0.29) is 23.3 Å². The van der Waals surface area contributed by atoms with E-state index < -0.39 is 15.8 Å². The zero-order valence-corrected chi connectivity index (χ0v) is 17.7. The lowest BCUT2D eigenvalue weighted by Gasteiger charge is -2.31. The van der Waals surface area contributed by atoms with E-state index in [4.69, 9.17) is 0 Å². The highest BCUT2D eigenvalue weighted by molar-refractivity contribution is 7.98. The Bertz CT molecular complexity index is 905. The predicted octanol–water partition coefficient (Wildman–Crippen LogP) is 3.28. The number of benzene rings is 2. The highest BCUT2D eigenvalue weighted by atomic mass is 32.2. The third-order valence-electron chi connectivity index (χ3n) is 4.86. The Morgan fingerprint density at radius 2 is 1.86 bits per heavy atom. The van der Waals surface area contributed by atoms with E-state index in [0.29, 0.717) is 25.9 Å². The molecular formula is C21H25FN2O3S2. The number of sulfonamides is 1. The molecule has 1 aliphatic rings. The smallest absolute Gasteiger partial charge is 0.243 e. The zero-order chi connectivity index (χ0) is 20.7. The van der Waals surface area contributed by atoms with Gasteiger partial charge in [-0.05, 0) is 42.7 Å². The monoisotopic (exact) mass is 436 g/mol. The predicted molar refractivity (Wildman–Crippen MR) is 113 cm³/mol. The van der Waals surface area contributed by atoms with Crippen molar-refractivity contribution in [1.29, 1.82) is 0 Å². The summed E-state index contributed by atoms with van der Waals surface area (Å²) in [5, 5.41) is 2.93. The van der Waals surface area contributed by atoms with Gasteiger partial charge >= 0.3 is 0 Å². The number of hydrogen-bond donors (Lipinski definition) is 1. The van der Waals surface area contributed by atoms with E-state index >= 15 is 0 Å². The minimum absolute atomic E-state index is 0.0530. The number of carbonyl (C=O) groups excluding carboxylic acids is 1. The number of thioether (sulfide) groups is 1. The first-order valence-corrected chi connectivity index (χ1v) is 12.2. The van der Waals surface area contributed by atoms with Crippen LogP contribution in [0.5, 0.6) is 0 Å². The van der Waals surface area contributed by atoms with Crippen LogP contribution < -0.4 is 5.32 Å². The third kappa shape index (κ3) is 6.04. The summed E-state index contributed by atoms with van der Waals surface area (Å²) >= 11 is 1.75. The minimum atomic E-state index is -3.72. The van der Waals surface area contributed by atoms with Gasteiger partial charge in [0.25, 0.3) is 0 Å². The molecule has 0 saturated carbocycles. The van der Waals surface area contributed by atoms with Crippen molar-refractivity contribution in [3.8, 4) is 0 Å². The van der Waals surface area contributed by atoms with Crippen molar-refractivity contribution in [3.05, 3.63) is 66.0 Å². The lowest BCUT2D eigenvalue weighted by atomic mass is 9.99. The Balaban J connectivity index is 1.47. The SMILES string of the molecule is O=C(NCCSCc1ccccc1)[C@@H]1CCCN(S(=O)(=O)c2ccc(F)cc2)C1. The Kier molecular flexibility index (Phi) is 7.69. The molecule has 2 aromatic rings. The summed E-state index contributed by atoms with van der Waals surface area (Å²) in [5.74, 6) is 0.738. The van der Waals surface area contributed by atoms with Crippen LogP contribution in [0.4, 0.5) is 4.39 Å². The number of halogens is 1. The van der Waals surface area contributed by atoms with Crippen LogP contribution in [-0.2, 0) is 20.6 Å². The van der Waals surface area contributed by atoms with Crippen LogP contribution in [0.1, 0.15) is 18.4 Å². The van der Waals surface area contributed by atoms with Crippen molar-refractivity contribution in [1.82, 2.24) is 9.62 Å². The number of piperidine rings is 1. The summed E-state index contributed by atoms with van der Waals surface area (Å²) in [7, 11) is -3.72. The van der Waals surface area contributed by atoms with E-state index in [1.165, 1.54) is 22.0 Å². The number of hydrogen-bond acceptors (Lipinski definition) is 4. The van der Waals surface area contributed by atoms with Crippen molar-refractivity contribution < 1.29 is 17.6 Å². The Morgan fingerprint density at radius 3 is 2.59 bits per heavy atom. The highest BCUT2D eigenvalue weighted by Crippen LogP contribution is 2.24. The number of carbonyl (C=O) groups is 1. The van der Waals surface area contributed by atoms with Gasteiger partial charge in [0.15, 0.2) is 0 Å². The van der Waals surface area contributed by atoms with Crippen molar-refractivity contribution in [2.24, 2.45) is 5.92 Å². The molecule has 1 N–H and O–H groups in total. The van der Waals surface area contributed by atoms with Crippen LogP contribution in [-0.4, -0.2) is 44.0 Å². The summed E-state index contributed by atoms with van der Waals surface area (Å²) in [4.78, 5) is 12.5. The molecule has 0 radical (unpaired) electrons. The number of amides is 1. The van der Waals surface area contributed by atoms with E-state index in [2.05, 4.69) is 17.4 Å². The molecule has 1 heterocycles. The molecule has 1 saturated heterocycles. The van der Waals surface area contributed by atoms with Crippen LogP contribution in [0.2, 0.25) is 0 Å². The van der Waals surface area contributed by atoms with Gasteiger partial charge < -0.3 is 5.32 Å². The molecule has 0 aliphatic carbocycles. The van der Waals surface area contributed by atoms with Gasteiger partial charge in [0.2, 0.25) is 15.9 Å². The van der Waals surface area contributed by atoms with Crippen LogP contribution in [0.3, 0.4) is 0 Å². The molecule has 0 spiro atoms. The van der Waals surface area contributed by atoms with Gasteiger partial charge in [0, 0.05) is 31.1 Å². The zero-order valence-electron chi connectivity index (χ0n) is 16.1. The molecule has 1 atom stereocenters. The molecule has 8 heteroatoms. The van der Waals surface area contributed by atoms with Crippen molar-refractivity contribution in [2.75, 3.05) is 25.4 Å². The first-order valence-electron chi connectivity index (χ1n) is 9.62. The van der Waals surface area contributed by atoms with Crippen molar-refractivity contribution in [2.45, 2.75) is 23.5 Å². The average molecular weight is 437 g/mol. The minimum Gasteiger partial charge on any atom is -0.355 e. The standard InChI is InChI=1S/C21H25FN2O3S2/c22-19-8-10-20(11-9-19)29(26,27)24-13-4-7-18(15-24)21(25)23-12-14-28-16-17-5-2-1-3-6-17/h1-3,5-6,8-11,18H,4,7,12-16H2,(H,23,25)/t18-/m1/s1. The summed E-state index contributed by atoms with van der Waals surface area (Å²) < 4.78 is 40.0. The fraction of sp³-hybridized carbons (Fsp3) is 0.381. The molecular weight excluding hydrogens is 411 g/mol. The van der Waals surface area contributed by atoms with Gasteiger partial charge in [-0.25, -0.2) is 12.8 Å². The Hall–Kier alpha value is -1.90. The fourth-order valence-corrected chi connectivity index (χ4v) is 5.63. The number of nitrogens with one attached hydrogen (secondary N) is 1.